The van der Waals surface area contributed by atoms with Gasteiger partial charge in [0.2, 0.25) is 5.91 Å². The lowest BCUT2D eigenvalue weighted by atomic mass is 10.1. The summed E-state index contributed by atoms with van der Waals surface area (Å²) >= 11 is 1.65. The molecule has 1 amide bonds. The van der Waals surface area contributed by atoms with E-state index in [9.17, 15) is 4.79 Å². The van der Waals surface area contributed by atoms with Crippen LogP contribution in [0.4, 0.5) is 5.13 Å². The van der Waals surface area contributed by atoms with Gasteiger partial charge >= 0.3 is 0 Å². The second-order valence-corrected chi connectivity index (χ2v) is 7.09. The summed E-state index contributed by atoms with van der Waals surface area (Å²) in [5.41, 5.74) is 2.19. The van der Waals surface area contributed by atoms with Crippen LogP contribution in [0.25, 0.3) is 10.9 Å². The second kappa shape index (κ2) is 7.19. The minimum absolute atomic E-state index is 0.241. The van der Waals surface area contributed by atoms with Crippen LogP contribution in [0.2, 0.25) is 0 Å². The highest BCUT2D eigenvalue weighted by Gasteiger charge is 2.22. The third-order valence-electron chi connectivity index (χ3n) is 4.62. The van der Waals surface area contributed by atoms with E-state index in [0.29, 0.717) is 6.42 Å². The number of thiazole rings is 1. The molecule has 1 aromatic carbocycles. The van der Waals surface area contributed by atoms with E-state index in [2.05, 4.69) is 33.1 Å². The molecule has 2 aromatic heterocycles. The normalized spacial score (nSPS) is 14.9. The minimum Gasteiger partial charge on any atom is -0.345 e. The van der Waals surface area contributed by atoms with Crippen molar-refractivity contribution < 1.29 is 4.79 Å². The number of amides is 1. The van der Waals surface area contributed by atoms with Gasteiger partial charge in [-0.1, -0.05) is 12.1 Å². The first-order chi connectivity index (χ1) is 12.3. The lowest BCUT2D eigenvalue weighted by molar-refractivity contribution is -0.131. The lowest BCUT2D eigenvalue weighted by Gasteiger charge is -2.34. The lowest BCUT2D eigenvalue weighted by Crippen LogP contribution is -2.48. The number of carbonyl (C=O) groups excluding carboxylic acids is 1. The van der Waals surface area contributed by atoms with Crippen LogP contribution in [0.5, 0.6) is 0 Å². The molecule has 0 bridgehead atoms. The molecule has 1 aliphatic heterocycles. The molecule has 3 aromatic rings. The van der Waals surface area contributed by atoms with Crippen LogP contribution < -0.4 is 4.90 Å². The molecule has 0 N–H and O–H groups in total. The Hall–Kier alpha value is -2.47. The monoisotopic (exact) mass is 352 g/mol. The van der Waals surface area contributed by atoms with Gasteiger partial charge in [0.05, 0.1) is 5.52 Å². The average molecular weight is 352 g/mol. The molecular formula is C19H20N4OS. The standard InChI is InChI=1S/C19H20N4OS/c24-18(22-9-11-23(12-10-22)19-21-8-13-25-19)6-4-15-3-5-17-16(14-15)2-1-7-20-17/h1-3,5,7-8,13-14H,4,6,9-12H2. The van der Waals surface area contributed by atoms with Crippen molar-refractivity contribution in [3.63, 3.8) is 0 Å². The summed E-state index contributed by atoms with van der Waals surface area (Å²) in [6, 6.07) is 10.2. The Kier molecular flexibility index (Phi) is 4.61. The molecule has 0 atom stereocenters. The number of aryl methyl sites for hydroxylation is 1. The van der Waals surface area contributed by atoms with Crippen molar-refractivity contribution >= 4 is 33.3 Å². The van der Waals surface area contributed by atoms with Crippen molar-refractivity contribution in [2.45, 2.75) is 12.8 Å². The summed E-state index contributed by atoms with van der Waals surface area (Å²) in [7, 11) is 0. The van der Waals surface area contributed by atoms with E-state index >= 15 is 0 Å². The SMILES string of the molecule is O=C(CCc1ccc2ncccc2c1)N1CCN(c2nccs2)CC1. The number of hydrogen-bond acceptors (Lipinski definition) is 5. The topological polar surface area (TPSA) is 49.3 Å². The first-order valence-corrected chi connectivity index (χ1v) is 9.43. The number of benzene rings is 1. The van der Waals surface area contributed by atoms with Gasteiger partial charge in [-0.3, -0.25) is 9.78 Å². The number of aromatic nitrogens is 2. The maximum atomic E-state index is 12.5. The van der Waals surface area contributed by atoms with Gasteiger partial charge in [-0.15, -0.1) is 11.3 Å². The number of pyridine rings is 1. The second-order valence-electron chi connectivity index (χ2n) is 6.21. The molecule has 0 spiro atoms. The average Bonchev–Trinajstić information content (AvgIpc) is 3.21. The number of rotatable bonds is 4. The molecule has 1 fully saturated rings. The Morgan fingerprint density at radius 3 is 2.76 bits per heavy atom. The molecule has 0 saturated carbocycles. The number of carbonyl (C=O) groups is 1. The van der Waals surface area contributed by atoms with Gasteiger partial charge in [0.1, 0.15) is 0 Å². The highest BCUT2D eigenvalue weighted by Crippen LogP contribution is 2.19. The van der Waals surface area contributed by atoms with Gasteiger partial charge < -0.3 is 9.80 Å². The maximum absolute atomic E-state index is 12.5. The fraction of sp³-hybridized carbons (Fsp3) is 0.316. The van der Waals surface area contributed by atoms with Crippen LogP contribution in [0.15, 0.2) is 48.1 Å². The van der Waals surface area contributed by atoms with E-state index in [1.165, 1.54) is 5.56 Å². The van der Waals surface area contributed by atoms with Crippen molar-refractivity contribution in [1.29, 1.82) is 0 Å². The molecule has 3 heterocycles. The van der Waals surface area contributed by atoms with Crippen molar-refractivity contribution in [1.82, 2.24) is 14.9 Å². The predicted molar refractivity (Wildman–Crippen MR) is 101 cm³/mol. The van der Waals surface area contributed by atoms with Crippen molar-refractivity contribution in [3.8, 4) is 0 Å². The zero-order chi connectivity index (χ0) is 17.1. The zero-order valence-corrected chi connectivity index (χ0v) is 14.8. The Labute approximate surface area is 150 Å². The zero-order valence-electron chi connectivity index (χ0n) is 14.0. The van der Waals surface area contributed by atoms with Crippen LogP contribution >= 0.6 is 11.3 Å². The van der Waals surface area contributed by atoms with Crippen LogP contribution in [0.1, 0.15) is 12.0 Å². The van der Waals surface area contributed by atoms with Crippen molar-refractivity contribution in [3.05, 3.63) is 53.7 Å². The number of piperazine rings is 1. The summed E-state index contributed by atoms with van der Waals surface area (Å²) < 4.78 is 0. The third-order valence-corrected chi connectivity index (χ3v) is 5.45. The Morgan fingerprint density at radius 1 is 1.08 bits per heavy atom. The molecule has 1 aliphatic rings. The van der Waals surface area contributed by atoms with E-state index in [-0.39, 0.29) is 5.91 Å². The Balaban J connectivity index is 1.31. The maximum Gasteiger partial charge on any atom is 0.223 e. The number of hydrogen-bond donors (Lipinski definition) is 0. The molecular weight excluding hydrogens is 332 g/mol. The van der Waals surface area contributed by atoms with Crippen LogP contribution in [0, 0.1) is 0 Å². The van der Waals surface area contributed by atoms with Crippen LogP contribution in [-0.2, 0) is 11.2 Å². The minimum atomic E-state index is 0.241. The van der Waals surface area contributed by atoms with Gasteiger partial charge in [0.15, 0.2) is 5.13 Å². The van der Waals surface area contributed by atoms with E-state index in [1.54, 1.807) is 17.5 Å². The summed E-state index contributed by atoms with van der Waals surface area (Å²) in [6.07, 6.45) is 4.97. The summed E-state index contributed by atoms with van der Waals surface area (Å²) in [5, 5.41) is 4.17. The van der Waals surface area contributed by atoms with Gasteiger partial charge in [0, 0.05) is 55.8 Å². The highest BCUT2D eigenvalue weighted by atomic mass is 32.1. The van der Waals surface area contributed by atoms with E-state index in [0.717, 1.165) is 48.6 Å². The Bertz CT molecular complexity index is 857. The summed E-state index contributed by atoms with van der Waals surface area (Å²) in [6.45, 7) is 3.28. The number of fused-ring (bicyclic) bond motifs is 1. The molecule has 0 aliphatic carbocycles. The molecule has 0 radical (unpaired) electrons. The molecule has 0 unspecified atom stereocenters. The largest absolute Gasteiger partial charge is 0.345 e. The quantitative estimate of drug-likeness (QED) is 0.724. The van der Waals surface area contributed by atoms with E-state index < -0.39 is 0 Å². The first kappa shape index (κ1) is 16.0. The molecule has 6 heteroatoms. The molecule has 25 heavy (non-hydrogen) atoms. The summed E-state index contributed by atoms with van der Waals surface area (Å²) in [5.74, 6) is 0.241. The molecule has 5 nitrogen and oxygen atoms in total. The highest BCUT2D eigenvalue weighted by molar-refractivity contribution is 7.13. The van der Waals surface area contributed by atoms with Crippen molar-refractivity contribution in [2.75, 3.05) is 31.1 Å². The first-order valence-electron chi connectivity index (χ1n) is 8.55. The summed E-state index contributed by atoms with van der Waals surface area (Å²) in [4.78, 5) is 25.4. The van der Waals surface area contributed by atoms with E-state index in [1.807, 2.05) is 28.6 Å². The van der Waals surface area contributed by atoms with Crippen LogP contribution in [-0.4, -0.2) is 47.0 Å². The predicted octanol–water partition coefficient (Wildman–Crippen LogP) is 2.97. The Morgan fingerprint density at radius 2 is 1.96 bits per heavy atom. The van der Waals surface area contributed by atoms with Gasteiger partial charge in [-0.05, 0) is 30.2 Å². The fourth-order valence-electron chi connectivity index (χ4n) is 3.21. The molecule has 128 valence electrons. The number of nitrogens with zero attached hydrogens (tertiary/aromatic N) is 4. The molecule has 4 rings (SSSR count). The van der Waals surface area contributed by atoms with Gasteiger partial charge in [-0.2, -0.15) is 0 Å². The van der Waals surface area contributed by atoms with Crippen LogP contribution in [0.3, 0.4) is 0 Å². The van der Waals surface area contributed by atoms with Crippen molar-refractivity contribution in [2.24, 2.45) is 0 Å². The number of anilines is 1. The van der Waals surface area contributed by atoms with E-state index in [4.69, 9.17) is 0 Å². The van der Waals surface area contributed by atoms with Gasteiger partial charge in [-0.25, -0.2) is 4.98 Å². The smallest absolute Gasteiger partial charge is 0.223 e. The third kappa shape index (κ3) is 3.64. The fourth-order valence-corrected chi connectivity index (χ4v) is 3.91. The van der Waals surface area contributed by atoms with Gasteiger partial charge in [0.25, 0.3) is 0 Å². The molecule has 1 saturated heterocycles.